The van der Waals surface area contributed by atoms with Crippen LogP contribution in [0, 0.1) is 0 Å². The van der Waals surface area contributed by atoms with Gasteiger partial charge in [-0.3, -0.25) is 9.59 Å². The van der Waals surface area contributed by atoms with E-state index in [0.29, 0.717) is 16.3 Å². The molecule has 0 spiro atoms. The second-order valence-corrected chi connectivity index (χ2v) is 8.25. The number of carbonyl (C=O) groups is 2. The zero-order chi connectivity index (χ0) is 21.6. The summed E-state index contributed by atoms with van der Waals surface area (Å²) in [6.07, 6.45) is 0.326. The molecule has 0 aliphatic rings. The number of nitrogens with zero attached hydrogens (tertiary/aromatic N) is 1. The highest BCUT2D eigenvalue weighted by atomic mass is 35.5. The molecule has 6 heteroatoms. The molecule has 0 radical (unpaired) electrons. The number of nitrogens with one attached hydrogen (secondary N) is 1. The molecule has 31 heavy (non-hydrogen) atoms. The Morgan fingerprint density at radius 1 is 0.839 bits per heavy atom. The summed E-state index contributed by atoms with van der Waals surface area (Å²) in [5.41, 5.74) is 4.18. The number of hydrogen-bond acceptors (Lipinski definition) is 4. The number of carbonyl (C=O) groups excluding carboxylic acids is 2. The molecule has 154 valence electrons. The molecule has 0 atom stereocenters. The van der Waals surface area contributed by atoms with E-state index in [1.54, 1.807) is 23.5 Å². The Hall–Kier alpha value is -3.28. The highest BCUT2D eigenvalue weighted by Gasteiger charge is 2.10. The molecule has 1 heterocycles. The second-order valence-electron chi connectivity index (χ2n) is 6.96. The van der Waals surface area contributed by atoms with Crippen LogP contribution in [0.2, 0.25) is 5.02 Å². The maximum absolute atomic E-state index is 12.2. The lowest BCUT2D eigenvalue weighted by Crippen LogP contribution is -2.13. The molecule has 4 aromatic rings. The first kappa shape index (κ1) is 21.0. The maximum Gasteiger partial charge on any atom is 0.224 e. The molecule has 0 unspecified atom stereocenters. The van der Waals surface area contributed by atoms with Gasteiger partial charge < -0.3 is 5.32 Å². The Morgan fingerprint density at radius 2 is 1.52 bits per heavy atom. The van der Waals surface area contributed by atoms with Crippen LogP contribution < -0.4 is 5.32 Å². The smallest absolute Gasteiger partial charge is 0.224 e. The lowest BCUT2D eigenvalue weighted by atomic mass is 10.1. The predicted molar refractivity (Wildman–Crippen MR) is 127 cm³/mol. The molecular weight excluding hydrogens is 428 g/mol. The van der Waals surface area contributed by atoms with Crippen molar-refractivity contribution in [1.29, 1.82) is 0 Å². The van der Waals surface area contributed by atoms with Gasteiger partial charge in [0.25, 0.3) is 0 Å². The predicted octanol–water partition coefficient (Wildman–Crippen LogP) is 6.73. The number of halogens is 1. The van der Waals surface area contributed by atoms with Gasteiger partial charge in [-0.15, -0.1) is 11.3 Å². The van der Waals surface area contributed by atoms with Crippen molar-refractivity contribution in [2.75, 3.05) is 5.32 Å². The molecule has 1 amide bonds. The molecule has 4 nitrogen and oxygen atoms in total. The third-order valence-corrected chi connectivity index (χ3v) is 5.88. The van der Waals surface area contributed by atoms with Gasteiger partial charge >= 0.3 is 0 Å². The Labute approximate surface area is 189 Å². The summed E-state index contributed by atoms with van der Waals surface area (Å²) in [6.45, 7) is 0. The number of benzene rings is 3. The van der Waals surface area contributed by atoms with Crippen LogP contribution in [0.5, 0.6) is 0 Å². The Morgan fingerprint density at radius 3 is 2.23 bits per heavy atom. The van der Waals surface area contributed by atoms with E-state index < -0.39 is 0 Å². The van der Waals surface area contributed by atoms with Crippen molar-refractivity contribution in [2.45, 2.75) is 12.8 Å². The summed E-state index contributed by atoms with van der Waals surface area (Å²) in [7, 11) is 0. The lowest BCUT2D eigenvalue weighted by Gasteiger charge is -2.06. The number of Topliss-reactive ketones (excluding diaryl/α,β-unsaturated/α-hetero) is 1. The average molecular weight is 447 g/mol. The first-order valence-electron chi connectivity index (χ1n) is 9.78. The van der Waals surface area contributed by atoms with Crippen LogP contribution in [0.3, 0.4) is 0 Å². The molecule has 0 aliphatic carbocycles. The minimum atomic E-state index is -0.185. The number of amides is 1. The normalized spacial score (nSPS) is 10.6. The molecule has 4 rings (SSSR count). The van der Waals surface area contributed by atoms with Crippen molar-refractivity contribution in [1.82, 2.24) is 4.98 Å². The second kappa shape index (κ2) is 9.69. The standard InChI is InChI=1S/C25H19ClN2O2S/c26-20-10-6-19(7-11-20)25-28-22(16-31-25)17-8-12-21(13-9-17)27-24(30)15-14-23(29)18-4-2-1-3-5-18/h1-13,16H,14-15H2,(H,27,30). The summed E-state index contributed by atoms with van der Waals surface area (Å²) in [6, 6.07) is 24.1. The zero-order valence-electron chi connectivity index (χ0n) is 16.5. The molecule has 1 N–H and O–H groups in total. The van der Waals surface area contributed by atoms with Crippen LogP contribution in [0.15, 0.2) is 84.2 Å². The Kier molecular flexibility index (Phi) is 6.55. The number of aromatic nitrogens is 1. The van der Waals surface area contributed by atoms with Crippen LogP contribution in [-0.4, -0.2) is 16.7 Å². The van der Waals surface area contributed by atoms with Gasteiger partial charge in [-0.2, -0.15) is 0 Å². The van der Waals surface area contributed by atoms with Gasteiger partial charge in [-0.05, 0) is 24.3 Å². The van der Waals surface area contributed by atoms with E-state index in [0.717, 1.165) is 21.8 Å². The molecule has 0 saturated carbocycles. The minimum absolute atomic E-state index is 0.0360. The van der Waals surface area contributed by atoms with Crippen molar-refractivity contribution in [3.05, 3.63) is 94.8 Å². The molecule has 1 aromatic heterocycles. The van der Waals surface area contributed by atoms with E-state index in [9.17, 15) is 9.59 Å². The fourth-order valence-electron chi connectivity index (χ4n) is 3.07. The number of thiazole rings is 1. The van der Waals surface area contributed by atoms with Gasteiger partial charge in [-0.1, -0.05) is 66.2 Å². The van der Waals surface area contributed by atoms with Gasteiger partial charge in [-0.25, -0.2) is 4.98 Å². The van der Waals surface area contributed by atoms with Crippen LogP contribution in [0.25, 0.3) is 21.8 Å². The van der Waals surface area contributed by atoms with Crippen molar-refractivity contribution in [3.8, 4) is 21.8 Å². The number of anilines is 1. The largest absolute Gasteiger partial charge is 0.326 e. The highest BCUT2D eigenvalue weighted by Crippen LogP contribution is 2.30. The first-order valence-corrected chi connectivity index (χ1v) is 11.0. The van der Waals surface area contributed by atoms with Crippen LogP contribution in [-0.2, 0) is 4.79 Å². The van der Waals surface area contributed by atoms with Crippen LogP contribution in [0.1, 0.15) is 23.2 Å². The molecule has 0 bridgehead atoms. The van der Waals surface area contributed by atoms with Gasteiger partial charge in [0.1, 0.15) is 5.01 Å². The van der Waals surface area contributed by atoms with E-state index in [4.69, 9.17) is 16.6 Å². The Bertz CT molecular complexity index is 1190. The summed E-state index contributed by atoms with van der Waals surface area (Å²) in [5.74, 6) is -0.221. The van der Waals surface area contributed by atoms with Crippen molar-refractivity contribution >= 4 is 40.3 Å². The number of ketones is 1. The fourth-order valence-corrected chi connectivity index (χ4v) is 4.04. The molecule has 0 fully saturated rings. The van der Waals surface area contributed by atoms with Crippen molar-refractivity contribution < 1.29 is 9.59 Å². The number of rotatable bonds is 7. The first-order chi connectivity index (χ1) is 15.1. The summed E-state index contributed by atoms with van der Waals surface area (Å²) < 4.78 is 0. The fraction of sp³-hybridized carbons (Fsp3) is 0.0800. The summed E-state index contributed by atoms with van der Waals surface area (Å²) in [4.78, 5) is 29.0. The highest BCUT2D eigenvalue weighted by molar-refractivity contribution is 7.13. The third-order valence-electron chi connectivity index (χ3n) is 4.73. The molecule has 0 saturated heterocycles. The molecule has 3 aromatic carbocycles. The topological polar surface area (TPSA) is 59.1 Å². The Balaban J connectivity index is 1.34. The van der Waals surface area contributed by atoms with Crippen LogP contribution in [0.4, 0.5) is 5.69 Å². The van der Waals surface area contributed by atoms with E-state index in [-0.39, 0.29) is 24.5 Å². The summed E-state index contributed by atoms with van der Waals surface area (Å²) >= 11 is 7.52. The van der Waals surface area contributed by atoms with Gasteiger partial charge in [0.05, 0.1) is 5.69 Å². The zero-order valence-corrected chi connectivity index (χ0v) is 18.1. The number of hydrogen-bond donors (Lipinski definition) is 1. The van der Waals surface area contributed by atoms with Crippen molar-refractivity contribution in [3.63, 3.8) is 0 Å². The molecular formula is C25H19ClN2O2S. The maximum atomic E-state index is 12.2. The quantitative estimate of drug-likeness (QED) is 0.320. The third kappa shape index (κ3) is 5.45. The van der Waals surface area contributed by atoms with Gasteiger partial charge in [0.2, 0.25) is 5.91 Å². The van der Waals surface area contributed by atoms with E-state index >= 15 is 0 Å². The van der Waals surface area contributed by atoms with Crippen LogP contribution >= 0.6 is 22.9 Å². The van der Waals surface area contributed by atoms with Gasteiger partial charge in [0.15, 0.2) is 5.78 Å². The van der Waals surface area contributed by atoms with E-state index in [1.165, 1.54) is 0 Å². The van der Waals surface area contributed by atoms with E-state index in [1.807, 2.05) is 72.1 Å². The lowest BCUT2D eigenvalue weighted by molar-refractivity contribution is -0.116. The van der Waals surface area contributed by atoms with E-state index in [2.05, 4.69) is 5.32 Å². The SMILES string of the molecule is O=C(CCC(=O)c1ccccc1)Nc1ccc(-c2csc(-c3ccc(Cl)cc3)n2)cc1. The summed E-state index contributed by atoms with van der Waals surface area (Å²) in [5, 5.41) is 6.47. The molecule has 0 aliphatic heterocycles. The monoisotopic (exact) mass is 446 g/mol. The van der Waals surface area contributed by atoms with Gasteiger partial charge in [0, 0.05) is 45.6 Å². The van der Waals surface area contributed by atoms with Crippen molar-refractivity contribution in [2.24, 2.45) is 0 Å². The minimum Gasteiger partial charge on any atom is -0.326 e. The average Bonchev–Trinajstić information content (AvgIpc) is 3.29.